The number of carbonyl (C=O) groups excluding carboxylic acids is 2. The zero-order chi connectivity index (χ0) is 16.2. The van der Waals surface area contributed by atoms with Crippen molar-refractivity contribution in [1.29, 1.82) is 0 Å². The number of nitrogens with zero attached hydrogens (tertiary/aromatic N) is 1. The molecule has 122 valence electrons. The first kappa shape index (κ1) is 17.8. The van der Waals surface area contributed by atoms with Crippen LogP contribution in [0.25, 0.3) is 0 Å². The first-order valence-electron chi connectivity index (χ1n) is 7.49. The molecule has 3 amide bonds. The van der Waals surface area contributed by atoms with Gasteiger partial charge in [0.1, 0.15) is 0 Å². The van der Waals surface area contributed by atoms with Gasteiger partial charge in [-0.1, -0.05) is 20.8 Å². The lowest BCUT2D eigenvalue weighted by Gasteiger charge is -2.56. The predicted molar refractivity (Wildman–Crippen MR) is 82.0 cm³/mol. The highest BCUT2D eigenvalue weighted by molar-refractivity contribution is 5.76. The molecule has 0 spiro atoms. The van der Waals surface area contributed by atoms with Crippen molar-refractivity contribution in [2.24, 2.45) is 11.3 Å². The Kier molecular flexibility index (Phi) is 6.01. The van der Waals surface area contributed by atoms with Gasteiger partial charge in [0.2, 0.25) is 5.91 Å². The summed E-state index contributed by atoms with van der Waals surface area (Å²) in [5.41, 5.74) is -0.0631. The van der Waals surface area contributed by atoms with E-state index in [1.54, 1.807) is 26.1 Å². The summed E-state index contributed by atoms with van der Waals surface area (Å²) in [6, 6.07) is -0.0716. The number of carbonyl (C=O) groups is 2. The first-order valence-corrected chi connectivity index (χ1v) is 7.49. The zero-order valence-electron chi connectivity index (χ0n) is 14.0. The van der Waals surface area contributed by atoms with Gasteiger partial charge in [0.15, 0.2) is 0 Å². The van der Waals surface area contributed by atoms with Gasteiger partial charge in [0, 0.05) is 51.5 Å². The molecule has 1 saturated carbocycles. The topological polar surface area (TPSA) is 70.7 Å². The Hall–Kier alpha value is -1.30. The highest BCUT2D eigenvalue weighted by Crippen LogP contribution is 2.46. The summed E-state index contributed by atoms with van der Waals surface area (Å²) < 4.78 is 5.46. The van der Waals surface area contributed by atoms with E-state index in [-0.39, 0.29) is 29.5 Å². The number of methoxy groups -OCH3 is 1. The van der Waals surface area contributed by atoms with Crippen LogP contribution in [0.5, 0.6) is 0 Å². The molecule has 0 saturated heterocycles. The van der Waals surface area contributed by atoms with Crippen LogP contribution in [0.2, 0.25) is 0 Å². The number of ether oxygens (including phenoxy) is 1. The molecule has 1 aliphatic rings. The monoisotopic (exact) mass is 299 g/mol. The molecule has 0 aromatic heterocycles. The van der Waals surface area contributed by atoms with Crippen LogP contribution in [0.15, 0.2) is 0 Å². The smallest absolute Gasteiger partial charge is 0.315 e. The normalized spacial score (nSPS) is 26.7. The maximum atomic E-state index is 11.9. The number of amides is 3. The third-order valence-corrected chi connectivity index (χ3v) is 4.43. The van der Waals surface area contributed by atoms with Crippen LogP contribution in [0, 0.1) is 11.3 Å². The van der Waals surface area contributed by atoms with E-state index in [4.69, 9.17) is 4.74 Å². The Bertz CT molecular complexity index is 382. The van der Waals surface area contributed by atoms with E-state index in [2.05, 4.69) is 31.4 Å². The van der Waals surface area contributed by atoms with Gasteiger partial charge in [-0.3, -0.25) is 4.79 Å². The van der Waals surface area contributed by atoms with E-state index in [0.717, 1.165) is 0 Å². The summed E-state index contributed by atoms with van der Waals surface area (Å²) in [6.45, 7) is 6.78. The van der Waals surface area contributed by atoms with Gasteiger partial charge >= 0.3 is 6.03 Å². The second kappa shape index (κ2) is 7.11. The second-order valence-corrected chi connectivity index (χ2v) is 6.61. The van der Waals surface area contributed by atoms with E-state index in [9.17, 15) is 9.59 Å². The molecule has 6 heteroatoms. The molecule has 0 bridgehead atoms. The summed E-state index contributed by atoms with van der Waals surface area (Å²) >= 11 is 0. The van der Waals surface area contributed by atoms with Gasteiger partial charge in [0.05, 0.1) is 6.10 Å². The van der Waals surface area contributed by atoms with Crippen molar-refractivity contribution in [1.82, 2.24) is 15.5 Å². The molecule has 1 rings (SSSR count). The number of rotatable bonds is 6. The van der Waals surface area contributed by atoms with Crippen molar-refractivity contribution in [2.45, 2.75) is 45.8 Å². The van der Waals surface area contributed by atoms with Crippen LogP contribution in [0.4, 0.5) is 4.79 Å². The lowest BCUT2D eigenvalue weighted by molar-refractivity contribution is -0.140. The molecular weight excluding hydrogens is 270 g/mol. The largest absolute Gasteiger partial charge is 0.380 e. The molecule has 2 N–H and O–H groups in total. The highest BCUT2D eigenvalue weighted by Gasteiger charge is 2.55. The van der Waals surface area contributed by atoms with Gasteiger partial charge in [0.25, 0.3) is 0 Å². The molecular formula is C15H29N3O3. The first-order chi connectivity index (χ1) is 9.71. The van der Waals surface area contributed by atoms with Crippen molar-refractivity contribution >= 4 is 11.9 Å². The molecule has 21 heavy (non-hydrogen) atoms. The van der Waals surface area contributed by atoms with Crippen molar-refractivity contribution in [3.8, 4) is 0 Å². The Morgan fingerprint density at radius 3 is 2.38 bits per heavy atom. The number of nitrogens with one attached hydrogen (secondary N) is 2. The van der Waals surface area contributed by atoms with Gasteiger partial charge in [-0.2, -0.15) is 0 Å². The molecule has 0 aromatic carbocycles. The van der Waals surface area contributed by atoms with Crippen molar-refractivity contribution < 1.29 is 14.3 Å². The Morgan fingerprint density at radius 2 is 1.90 bits per heavy atom. The van der Waals surface area contributed by atoms with Crippen LogP contribution in [0.1, 0.15) is 33.6 Å². The van der Waals surface area contributed by atoms with Crippen LogP contribution >= 0.6 is 0 Å². The maximum Gasteiger partial charge on any atom is 0.315 e. The van der Waals surface area contributed by atoms with E-state index < -0.39 is 0 Å². The highest BCUT2D eigenvalue weighted by atomic mass is 16.5. The van der Waals surface area contributed by atoms with Gasteiger partial charge in [-0.05, 0) is 6.42 Å². The minimum Gasteiger partial charge on any atom is -0.380 e. The van der Waals surface area contributed by atoms with E-state index in [0.29, 0.717) is 25.3 Å². The molecule has 0 aromatic rings. The second-order valence-electron chi connectivity index (χ2n) is 6.61. The Labute approximate surface area is 127 Å². The molecule has 0 radical (unpaired) electrons. The lowest BCUT2D eigenvalue weighted by atomic mass is 9.58. The SMILES string of the molecule is CO[C@@H]1[C@H](C)[C@H](NC(=O)NCCCC(=O)N(C)C)C1(C)C. The van der Waals surface area contributed by atoms with Crippen molar-refractivity contribution in [2.75, 3.05) is 27.7 Å². The van der Waals surface area contributed by atoms with Crippen LogP contribution < -0.4 is 10.6 Å². The van der Waals surface area contributed by atoms with E-state index in [1.807, 2.05) is 0 Å². The van der Waals surface area contributed by atoms with Gasteiger partial charge < -0.3 is 20.3 Å². The third-order valence-electron chi connectivity index (χ3n) is 4.43. The maximum absolute atomic E-state index is 11.9. The fourth-order valence-electron chi connectivity index (χ4n) is 3.28. The minimum atomic E-state index is -0.174. The van der Waals surface area contributed by atoms with Gasteiger partial charge in [-0.15, -0.1) is 0 Å². The quantitative estimate of drug-likeness (QED) is 0.724. The molecule has 1 fully saturated rings. The van der Waals surface area contributed by atoms with Crippen LogP contribution in [-0.4, -0.2) is 56.7 Å². The fourth-order valence-corrected chi connectivity index (χ4v) is 3.28. The molecule has 1 aliphatic carbocycles. The molecule has 6 nitrogen and oxygen atoms in total. The summed E-state index contributed by atoms with van der Waals surface area (Å²) in [7, 11) is 5.17. The van der Waals surface area contributed by atoms with Crippen LogP contribution in [-0.2, 0) is 9.53 Å². The summed E-state index contributed by atoms with van der Waals surface area (Å²) in [5.74, 6) is 0.375. The number of hydrogen-bond donors (Lipinski definition) is 2. The summed E-state index contributed by atoms with van der Waals surface area (Å²) in [5, 5.41) is 5.81. The Morgan fingerprint density at radius 1 is 1.29 bits per heavy atom. The molecule has 0 aliphatic heterocycles. The number of urea groups is 1. The molecule has 0 heterocycles. The van der Waals surface area contributed by atoms with E-state index in [1.165, 1.54) is 0 Å². The van der Waals surface area contributed by atoms with E-state index >= 15 is 0 Å². The fraction of sp³-hybridized carbons (Fsp3) is 0.867. The van der Waals surface area contributed by atoms with Gasteiger partial charge in [-0.25, -0.2) is 4.79 Å². The standard InChI is InChI=1S/C15H29N3O3/c1-10-12(15(2,3)13(10)21-6)17-14(20)16-9-7-8-11(19)18(4)5/h10,12-13H,7-9H2,1-6H3,(H2,16,17,20)/t10-,12+,13-/m1/s1. The minimum absolute atomic E-state index is 0.0631. The average Bonchev–Trinajstić information content (AvgIpc) is 2.40. The molecule has 3 atom stereocenters. The molecule has 0 unspecified atom stereocenters. The number of hydrogen-bond acceptors (Lipinski definition) is 3. The van der Waals surface area contributed by atoms with Crippen LogP contribution in [0.3, 0.4) is 0 Å². The Balaban J connectivity index is 2.27. The average molecular weight is 299 g/mol. The lowest BCUT2D eigenvalue weighted by Crippen LogP contribution is -2.68. The summed E-state index contributed by atoms with van der Waals surface area (Å²) in [4.78, 5) is 24.9. The zero-order valence-corrected chi connectivity index (χ0v) is 14.0. The van der Waals surface area contributed by atoms with Crippen molar-refractivity contribution in [3.63, 3.8) is 0 Å². The predicted octanol–water partition coefficient (Wildman–Crippen LogP) is 1.21. The van der Waals surface area contributed by atoms with Crippen molar-refractivity contribution in [3.05, 3.63) is 0 Å². The third kappa shape index (κ3) is 4.09. The summed E-state index contributed by atoms with van der Waals surface area (Å²) in [6.07, 6.45) is 1.26.